The third kappa shape index (κ3) is 2.47. The van der Waals surface area contributed by atoms with Crippen LogP contribution in [0.5, 0.6) is 0 Å². The molecule has 1 fully saturated rings. The molecule has 0 bridgehead atoms. The Labute approximate surface area is 102 Å². The largest absolute Gasteiger partial charge is 0.327 e. The second-order valence-corrected chi connectivity index (χ2v) is 6.08. The molecule has 0 radical (unpaired) electrons. The van der Waals surface area contributed by atoms with Gasteiger partial charge >= 0.3 is 0 Å². The van der Waals surface area contributed by atoms with Crippen molar-refractivity contribution in [2.24, 2.45) is 11.1 Å². The molecule has 0 saturated heterocycles. The average molecular weight is 238 g/mol. The number of aryl methyl sites for hydroxylation is 1. The highest BCUT2D eigenvalue weighted by atomic mass is 32.1. The minimum Gasteiger partial charge on any atom is -0.327 e. The van der Waals surface area contributed by atoms with Gasteiger partial charge in [0.05, 0.1) is 0 Å². The zero-order valence-electron chi connectivity index (χ0n) is 10.3. The summed E-state index contributed by atoms with van der Waals surface area (Å²) in [6.07, 6.45) is 3.75. The van der Waals surface area contributed by atoms with E-state index in [1.165, 1.54) is 30.4 Å². The van der Waals surface area contributed by atoms with Crippen molar-refractivity contribution in [1.82, 2.24) is 5.32 Å². The van der Waals surface area contributed by atoms with Gasteiger partial charge in [0.2, 0.25) is 0 Å². The maximum absolute atomic E-state index is 6.16. The first-order valence-corrected chi connectivity index (χ1v) is 7.04. The summed E-state index contributed by atoms with van der Waals surface area (Å²) in [6, 6.07) is 0.378. The smallest absolute Gasteiger partial charge is 0.0216 e. The quantitative estimate of drug-likeness (QED) is 0.846. The van der Waals surface area contributed by atoms with Crippen LogP contribution in [0.15, 0.2) is 10.8 Å². The molecule has 2 nitrogen and oxygen atoms in total. The van der Waals surface area contributed by atoms with Crippen molar-refractivity contribution in [3.05, 3.63) is 21.9 Å². The van der Waals surface area contributed by atoms with Gasteiger partial charge in [-0.25, -0.2) is 0 Å². The molecule has 0 amide bonds. The van der Waals surface area contributed by atoms with E-state index in [0.717, 1.165) is 13.1 Å². The lowest BCUT2D eigenvalue weighted by molar-refractivity contribution is 0.277. The van der Waals surface area contributed by atoms with Crippen LogP contribution in [0, 0.1) is 12.3 Å². The normalized spacial score (nSPS) is 29.8. The van der Waals surface area contributed by atoms with Gasteiger partial charge in [0.15, 0.2) is 0 Å². The summed E-state index contributed by atoms with van der Waals surface area (Å²) in [5.41, 5.74) is 9.31. The van der Waals surface area contributed by atoms with Crippen molar-refractivity contribution in [2.45, 2.75) is 45.7 Å². The molecule has 1 aromatic rings. The van der Waals surface area contributed by atoms with Crippen molar-refractivity contribution < 1.29 is 0 Å². The first-order valence-electron chi connectivity index (χ1n) is 6.10. The molecule has 1 aliphatic carbocycles. The highest BCUT2D eigenvalue weighted by Gasteiger charge is 2.35. The second-order valence-electron chi connectivity index (χ2n) is 5.34. The molecule has 16 heavy (non-hydrogen) atoms. The predicted molar refractivity (Wildman–Crippen MR) is 70.7 cm³/mol. The highest BCUT2D eigenvalue weighted by Crippen LogP contribution is 2.35. The molecule has 3 heteroatoms. The van der Waals surface area contributed by atoms with E-state index in [4.69, 9.17) is 5.73 Å². The minimum absolute atomic E-state index is 0.309. The summed E-state index contributed by atoms with van der Waals surface area (Å²) < 4.78 is 0. The van der Waals surface area contributed by atoms with Gasteiger partial charge in [-0.3, -0.25) is 0 Å². The molecule has 1 heterocycles. The molecule has 1 saturated carbocycles. The monoisotopic (exact) mass is 238 g/mol. The molecule has 2 unspecified atom stereocenters. The SMILES string of the molecule is Cc1cscc1CNCC1(C)CCCC1N. The van der Waals surface area contributed by atoms with Crippen LogP contribution >= 0.6 is 11.3 Å². The minimum atomic E-state index is 0.309. The molecular weight excluding hydrogens is 216 g/mol. The fourth-order valence-electron chi connectivity index (χ4n) is 2.53. The molecule has 0 aromatic carbocycles. The number of thiophene rings is 1. The van der Waals surface area contributed by atoms with E-state index in [1.807, 2.05) is 0 Å². The van der Waals surface area contributed by atoms with Crippen LogP contribution in [-0.4, -0.2) is 12.6 Å². The van der Waals surface area contributed by atoms with Crippen LogP contribution in [0.3, 0.4) is 0 Å². The van der Waals surface area contributed by atoms with Crippen LogP contribution in [0.4, 0.5) is 0 Å². The van der Waals surface area contributed by atoms with Gasteiger partial charge in [-0.2, -0.15) is 11.3 Å². The Morgan fingerprint density at radius 1 is 1.56 bits per heavy atom. The van der Waals surface area contributed by atoms with Crippen molar-refractivity contribution in [1.29, 1.82) is 0 Å². The third-order valence-corrected chi connectivity index (χ3v) is 4.87. The Bertz CT molecular complexity index is 347. The lowest BCUT2D eigenvalue weighted by Gasteiger charge is -2.29. The zero-order valence-corrected chi connectivity index (χ0v) is 11.1. The molecule has 0 spiro atoms. The van der Waals surface area contributed by atoms with Crippen LogP contribution in [0.25, 0.3) is 0 Å². The van der Waals surface area contributed by atoms with E-state index in [2.05, 4.69) is 29.9 Å². The summed E-state index contributed by atoms with van der Waals surface area (Å²) in [4.78, 5) is 0. The summed E-state index contributed by atoms with van der Waals surface area (Å²) >= 11 is 1.78. The van der Waals surface area contributed by atoms with Crippen LogP contribution < -0.4 is 11.1 Å². The Kier molecular flexibility index (Phi) is 3.67. The Hall–Kier alpha value is -0.380. The van der Waals surface area contributed by atoms with Crippen molar-refractivity contribution in [3.63, 3.8) is 0 Å². The Balaban J connectivity index is 1.82. The van der Waals surface area contributed by atoms with Gasteiger partial charge in [0.25, 0.3) is 0 Å². The number of hydrogen-bond donors (Lipinski definition) is 2. The van der Waals surface area contributed by atoms with Gasteiger partial charge in [-0.15, -0.1) is 0 Å². The number of nitrogens with two attached hydrogens (primary N) is 1. The fourth-order valence-corrected chi connectivity index (χ4v) is 3.39. The lowest BCUT2D eigenvalue weighted by Crippen LogP contribution is -2.42. The van der Waals surface area contributed by atoms with Gasteiger partial charge in [0.1, 0.15) is 0 Å². The highest BCUT2D eigenvalue weighted by molar-refractivity contribution is 7.08. The third-order valence-electron chi connectivity index (χ3n) is 3.96. The average Bonchev–Trinajstić information content (AvgIpc) is 2.77. The second kappa shape index (κ2) is 4.86. The fraction of sp³-hybridized carbons (Fsp3) is 0.692. The van der Waals surface area contributed by atoms with E-state index < -0.39 is 0 Å². The summed E-state index contributed by atoms with van der Waals surface area (Å²) in [5.74, 6) is 0. The first-order chi connectivity index (χ1) is 7.62. The molecule has 1 aromatic heterocycles. The maximum Gasteiger partial charge on any atom is 0.0216 e. The van der Waals surface area contributed by atoms with E-state index >= 15 is 0 Å². The topological polar surface area (TPSA) is 38.0 Å². The van der Waals surface area contributed by atoms with Crippen molar-refractivity contribution in [2.75, 3.05) is 6.54 Å². The summed E-state index contributed by atoms with van der Waals surface area (Å²) in [6.45, 7) is 6.52. The van der Waals surface area contributed by atoms with Gasteiger partial charge in [-0.1, -0.05) is 13.3 Å². The van der Waals surface area contributed by atoms with Gasteiger partial charge in [0, 0.05) is 19.1 Å². The maximum atomic E-state index is 6.16. The van der Waals surface area contributed by atoms with E-state index in [0.29, 0.717) is 11.5 Å². The van der Waals surface area contributed by atoms with E-state index in [1.54, 1.807) is 11.3 Å². The number of rotatable bonds is 4. The molecule has 0 aliphatic heterocycles. The molecule has 2 rings (SSSR count). The standard InChI is InChI=1S/C13H22N2S/c1-10-7-16-8-11(10)6-15-9-13(2)5-3-4-12(13)14/h7-8,12,15H,3-6,9,14H2,1-2H3. The van der Waals surface area contributed by atoms with Crippen LogP contribution in [0.2, 0.25) is 0 Å². The van der Waals surface area contributed by atoms with Gasteiger partial charge < -0.3 is 11.1 Å². The summed E-state index contributed by atoms with van der Waals surface area (Å²) in [7, 11) is 0. The molecule has 3 N–H and O–H groups in total. The lowest BCUT2D eigenvalue weighted by atomic mass is 9.85. The van der Waals surface area contributed by atoms with E-state index in [-0.39, 0.29) is 0 Å². The molecule has 2 atom stereocenters. The summed E-state index contributed by atoms with van der Waals surface area (Å²) in [5, 5.41) is 8.01. The Morgan fingerprint density at radius 2 is 2.38 bits per heavy atom. The van der Waals surface area contributed by atoms with Crippen molar-refractivity contribution in [3.8, 4) is 0 Å². The molecule has 90 valence electrons. The Morgan fingerprint density at radius 3 is 2.94 bits per heavy atom. The number of nitrogens with one attached hydrogen (secondary N) is 1. The zero-order chi connectivity index (χ0) is 11.6. The predicted octanol–water partition coefficient (Wildman–Crippen LogP) is 2.66. The van der Waals surface area contributed by atoms with Crippen LogP contribution in [0.1, 0.15) is 37.3 Å². The van der Waals surface area contributed by atoms with E-state index in [9.17, 15) is 0 Å². The first kappa shape index (κ1) is 12.1. The van der Waals surface area contributed by atoms with Gasteiger partial charge in [-0.05, 0) is 47.1 Å². The molecular formula is C13H22N2S. The van der Waals surface area contributed by atoms with Crippen LogP contribution in [-0.2, 0) is 6.54 Å². The number of hydrogen-bond acceptors (Lipinski definition) is 3. The molecule has 1 aliphatic rings. The van der Waals surface area contributed by atoms with Crippen molar-refractivity contribution >= 4 is 11.3 Å².